The highest BCUT2D eigenvalue weighted by molar-refractivity contribution is 5.77. The van der Waals surface area contributed by atoms with Crippen molar-refractivity contribution >= 4 is 11.6 Å². The molecule has 0 unspecified atom stereocenters. The van der Waals surface area contributed by atoms with Crippen LogP contribution in [0.2, 0.25) is 0 Å². The number of nitrogens with one attached hydrogen (secondary N) is 2. The molecule has 1 fully saturated rings. The molecule has 1 aromatic carbocycles. The zero-order valence-electron chi connectivity index (χ0n) is 10.5. The van der Waals surface area contributed by atoms with Crippen molar-refractivity contribution in [1.29, 1.82) is 0 Å². The van der Waals surface area contributed by atoms with E-state index in [4.69, 9.17) is 10.5 Å². The highest BCUT2D eigenvalue weighted by Crippen LogP contribution is 2.24. The Kier molecular flexibility index (Phi) is 4.04. The Morgan fingerprint density at radius 2 is 2.28 bits per heavy atom. The Morgan fingerprint density at radius 1 is 1.50 bits per heavy atom. The number of ether oxygens (including phenoxy) is 1. The summed E-state index contributed by atoms with van der Waals surface area (Å²) in [7, 11) is 1.59. The van der Waals surface area contributed by atoms with E-state index < -0.39 is 0 Å². The number of hydrogen-bond donors (Lipinski definition) is 3. The number of hydrogen-bond acceptors (Lipinski definition) is 4. The number of benzene rings is 1. The first kappa shape index (κ1) is 12.7. The fourth-order valence-corrected chi connectivity index (χ4v) is 1.91. The first-order chi connectivity index (χ1) is 8.67. The molecule has 0 heterocycles. The van der Waals surface area contributed by atoms with Crippen LogP contribution in [-0.4, -0.2) is 31.6 Å². The molecule has 1 aromatic rings. The molecule has 1 saturated carbocycles. The molecule has 0 aliphatic heterocycles. The van der Waals surface area contributed by atoms with E-state index in [-0.39, 0.29) is 12.5 Å². The molecular weight excluding hydrogens is 230 g/mol. The van der Waals surface area contributed by atoms with Crippen LogP contribution in [0.25, 0.3) is 0 Å². The maximum Gasteiger partial charge on any atom is 0.257 e. The minimum Gasteiger partial charge on any atom is -0.484 e. The van der Waals surface area contributed by atoms with E-state index in [0.717, 1.165) is 18.5 Å². The van der Waals surface area contributed by atoms with Gasteiger partial charge in [0.05, 0.1) is 0 Å². The Hall–Kier alpha value is -1.75. The number of amides is 1. The number of anilines is 1. The minimum absolute atomic E-state index is 0.0360. The number of carbonyl (C=O) groups excluding carboxylic acids is 1. The van der Waals surface area contributed by atoms with Gasteiger partial charge in [0, 0.05) is 30.9 Å². The summed E-state index contributed by atoms with van der Waals surface area (Å²) in [5, 5.41) is 5.90. The zero-order chi connectivity index (χ0) is 13.0. The normalized spacial score (nSPS) is 21.9. The standard InChI is InChI=1S/C13H19N3O2/c1-15-13(17)8-18-12-4-2-3-10(7-12)16-11-5-9(14)6-11/h2-4,7,9,11,16H,5-6,8,14H2,1H3,(H,15,17). The number of carbonyl (C=O) groups is 1. The van der Waals surface area contributed by atoms with E-state index >= 15 is 0 Å². The van der Waals surface area contributed by atoms with Crippen LogP contribution >= 0.6 is 0 Å². The lowest BCUT2D eigenvalue weighted by molar-refractivity contribution is -0.122. The molecule has 0 radical (unpaired) electrons. The fraction of sp³-hybridized carbons (Fsp3) is 0.462. The molecule has 1 aliphatic rings. The van der Waals surface area contributed by atoms with Gasteiger partial charge in [-0.05, 0) is 25.0 Å². The lowest BCUT2D eigenvalue weighted by Crippen LogP contribution is -2.44. The molecule has 5 heteroatoms. The van der Waals surface area contributed by atoms with Gasteiger partial charge < -0.3 is 21.1 Å². The molecule has 98 valence electrons. The highest BCUT2D eigenvalue weighted by atomic mass is 16.5. The molecule has 0 spiro atoms. The van der Waals surface area contributed by atoms with Crippen LogP contribution in [0, 0.1) is 0 Å². The summed E-state index contributed by atoms with van der Waals surface area (Å²) in [4.78, 5) is 11.1. The van der Waals surface area contributed by atoms with E-state index in [0.29, 0.717) is 17.8 Å². The first-order valence-electron chi connectivity index (χ1n) is 6.13. The van der Waals surface area contributed by atoms with Crippen molar-refractivity contribution in [2.24, 2.45) is 5.73 Å². The summed E-state index contributed by atoms with van der Waals surface area (Å²) in [6, 6.07) is 8.40. The lowest BCUT2D eigenvalue weighted by Gasteiger charge is -2.33. The van der Waals surface area contributed by atoms with Crippen LogP contribution in [0.15, 0.2) is 24.3 Å². The predicted octanol–water partition coefficient (Wildman–Crippen LogP) is 0.713. The van der Waals surface area contributed by atoms with Crippen LogP contribution < -0.4 is 21.1 Å². The third-order valence-corrected chi connectivity index (χ3v) is 3.03. The average molecular weight is 249 g/mol. The largest absolute Gasteiger partial charge is 0.484 e. The summed E-state index contributed by atoms with van der Waals surface area (Å²) < 4.78 is 5.38. The fourth-order valence-electron chi connectivity index (χ4n) is 1.91. The molecule has 0 atom stereocenters. The van der Waals surface area contributed by atoms with Crippen LogP contribution in [0.1, 0.15) is 12.8 Å². The van der Waals surface area contributed by atoms with Crippen molar-refractivity contribution in [3.05, 3.63) is 24.3 Å². The van der Waals surface area contributed by atoms with Crippen molar-refractivity contribution in [2.45, 2.75) is 24.9 Å². The van der Waals surface area contributed by atoms with Crippen LogP contribution in [0.4, 0.5) is 5.69 Å². The lowest BCUT2D eigenvalue weighted by atomic mass is 9.87. The molecule has 0 bridgehead atoms. The van der Waals surface area contributed by atoms with Gasteiger partial charge in [-0.25, -0.2) is 0 Å². The van der Waals surface area contributed by atoms with Crippen molar-refractivity contribution in [2.75, 3.05) is 19.0 Å². The molecule has 4 N–H and O–H groups in total. The number of likely N-dealkylation sites (N-methyl/N-ethyl adjacent to an activating group) is 1. The second-order valence-electron chi connectivity index (χ2n) is 4.56. The van der Waals surface area contributed by atoms with Crippen molar-refractivity contribution < 1.29 is 9.53 Å². The van der Waals surface area contributed by atoms with Crippen molar-refractivity contribution in [3.8, 4) is 5.75 Å². The molecule has 18 heavy (non-hydrogen) atoms. The third kappa shape index (κ3) is 3.37. The molecule has 0 saturated heterocycles. The van der Waals surface area contributed by atoms with Gasteiger partial charge in [-0.2, -0.15) is 0 Å². The number of nitrogens with two attached hydrogens (primary N) is 1. The minimum atomic E-state index is -0.140. The smallest absolute Gasteiger partial charge is 0.257 e. The molecule has 2 rings (SSSR count). The van der Waals surface area contributed by atoms with Gasteiger partial charge in [0.2, 0.25) is 0 Å². The van der Waals surface area contributed by atoms with Gasteiger partial charge in [0.25, 0.3) is 5.91 Å². The van der Waals surface area contributed by atoms with Gasteiger partial charge in [0.1, 0.15) is 5.75 Å². The first-order valence-corrected chi connectivity index (χ1v) is 6.13. The summed E-state index contributed by atoms with van der Waals surface area (Å²) in [6.45, 7) is 0.0360. The SMILES string of the molecule is CNC(=O)COc1cccc(NC2CC(N)C2)c1. The van der Waals surface area contributed by atoms with Crippen molar-refractivity contribution in [3.63, 3.8) is 0 Å². The molecule has 5 nitrogen and oxygen atoms in total. The van der Waals surface area contributed by atoms with Gasteiger partial charge in [-0.3, -0.25) is 4.79 Å². The molecule has 0 aromatic heterocycles. The molecular formula is C13H19N3O2. The van der Waals surface area contributed by atoms with Crippen LogP contribution in [0.5, 0.6) is 5.75 Å². The molecule has 1 amide bonds. The second-order valence-corrected chi connectivity index (χ2v) is 4.56. The summed E-state index contributed by atoms with van der Waals surface area (Å²) in [6.07, 6.45) is 2.01. The monoisotopic (exact) mass is 249 g/mol. The van der Waals surface area contributed by atoms with E-state index in [2.05, 4.69) is 10.6 Å². The topological polar surface area (TPSA) is 76.4 Å². The van der Waals surface area contributed by atoms with E-state index in [9.17, 15) is 4.79 Å². The van der Waals surface area contributed by atoms with E-state index in [1.165, 1.54) is 0 Å². The van der Waals surface area contributed by atoms with E-state index in [1.54, 1.807) is 7.05 Å². The summed E-state index contributed by atoms with van der Waals surface area (Å²) in [5.74, 6) is 0.547. The van der Waals surface area contributed by atoms with Crippen LogP contribution in [-0.2, 0) is 4.79 Å². The zero-order valence-corrected chi connectivity index (χ0v) is 10.5. The number of rotatable bonds is 5. The highest BCUT2D eigenvalue weighted by Gasteiger charge is 2.25. The Morgan fingerprint density at radius 3 is 2.94 bits per heavy atom. The second kappa shape index (κ2) is 5.73. The Labute approximate surface area is 107 Å². The van der Waals surface area contributed by atoms with Gasteiger partial charge in [-0.1, -0.05) is 6.07 Å². The van der Waals surface area contributed by atoms with Crippen LogP contribution in [0.3, 0.4) is 0 Å². The third-order valence-electron chi connectivity index (χ3n) is 3.03. The Bertz CT molecular complexity index is 416. The summed E-state index contributed by atoms with van der Waals surface area (Å²) >= 11 is 0. The van der Waals surface area contributed by atoms with Gasteiger partial charge in [0.15, 0.2) is 6.61 Å². The predicted molar refractivity (Wildman–Crippen MR) is 70.6 cm³/mol. The average Bonchev–Trinajstić information content (AvgIpc) is 2.34. The maximum atomic E-state index is 11.1. The summed E-state index contributed by atoms with van der Waals surface area (Å²) in [5.41, 5.74) is 6.74. The Balaban J connectivity index is 1.86. The quantitative estimate of drug-likeness (QED) is 0.718. The maximum absolute atomic E-state index is 11.1. The molecule has 1 aliphatic carbocycles. The van der Waals surface area contributed by atoms with Gasteiger partial charge >= 0.3 is 0 Å². The van der Waals surface area contributed by atoms with E-state index in [1.807, 2.05) is 24.3 Å². The van der Waals surface area contributed by atoms with Gasteiger partial charge in [-0.15, -0.1) is 0 Å². The van der Waals surface area contributed by atoms with Crippen molar-refractivity contribution in [1.82, 2.24) is 5.32 Å².